The number of hydrogen-bond acceptors (Lipinski definition) is 2. The van der Waals surface area contributed by atoms with Crippen molar-refractivity contribution in [2.24, 2.45) is 7.05 Å². The number of fused-ring (bicyclic) bond motifs is 1. The molecule has 4 nitrogen and oxygen atoms in total. The maximum atomic E-state index is 12.7. The number of carbonyl (C=O) groups excluding carboxylic acids is 1. The molecule has 2 fully saturated rings. The van der Waals surface area contributed by atoms with E-state index in [1.807, 2.05) is 36.0 Å². The molecule has 0 spiro atoms. The van der Waals surface area contributed by atoms with Crippen LogP contribution >= 0.6 is 0 Å². The van der Waals surface area contributed by atoms with Gasteiger partial charge in [-0.1, -0.05) is 31.0 Å². The Labute approximate surface area is 137 Å². The number of benzene rings is 1. The second-order valence-corrected chi connectivity index (χ2v) is 7.08. The van der Waals surface area contributed by atoms with Gasteiger partial charge in [0.2, 0.25) is 0 Å². The molecule has 2 N–H and O–H groups in total. The minimum atomic E-state index is 0.0599. The average molecular weight is 311 g/mol. The summed E-state index contributed by atoms with van der Waals surface area (Å²) in [5.41, 5.74) is 1.89. The van der Waals surface area contributed by atoms with Crippen molar-refractivity contribution in [2.45, 2.75) is 56.7 Å². The van der Waals surface area contributed by atoms with Crippen LogP contribution in [0.25, 0.3) is 10.9 Å². The second-order valence-electron chi connectivity index (χ2n) is 7.08. The van der Waals surface area contributed by atoms with Gasteiger partial charge in [-0.15, -0.1) is 0 Å². The molecule has 4 rings (SSSR count). The molecule has 0 saturated heterocycles. The molecule has 0 bridgehead atoms. The number of aromatic nitrogens is 1. The zero-order valence-corrected chi connectivity index (χ0v) is 13.7. The molecule has 2 atom stereocenters. The van der Waals surface area contributed by atoms with Crippen LogP contribution in [0.2, 0.25) is 0 Å². The predicted molar refractivity (Wildman–Crippen MR) is 92.6 cm³/mol. The van der Waals surface area contributed by atoms with Crippen molar-refractivity contribution in [1.82, 2.24) is 15.2 Å². The van der Waals surface area contributed by atoms with E-state index in [1.165, 1.54) is 32.1 Å². The Bertz CT molecular complexity index is 714. The van der Waals surface area contributed by atoms with Crippen LogP contribution < -0.4 is 10.6 Å². The normalized spacial score (nSPS) is 24.7. The molecule has 0 unspecified atom stereocenters. The third-order valence-electron chi connectivity index (χ3n) is 5.54. The Morgan fingerprint density at radius 3 is 2.57 bits per heavy atom. The third kappa shape index (κ3) is 2.76. The number of nitrogens with zero attached hydrogens (tertiary/aromatic N) is 1. The van der Waals surface area contributed by atoms with Crippen molar-refractivity contribution in [3.8, 4) is 0 Å². The van der Waals surface area contributed by atoms with E-state index in [0.29, 0.717) is 12.1 Å². The molecule has 122 valence electrons. The molecule has 2 aliphatic rings. The summed E-state index contributed by atoms with van der Waals surface area (Å²) in [5.74, 6) is 0.0599. The summed E-state index contributed by atoms with van der Waals surface area (Å²) in [4.78, 5) is 12.7. The van der Waals surface area contributed by atoms with E-state index in [4.69, 9.17) is 0 Å². The number of hydrogen-bond donors (Lipinski definition) is 2. The number of nitrogens with one attached hydrogen (secondary N) is 2. The largest absolute Gasteiger partial charge is 0.350 e. The van der Waals surface area contributed by atoms with E-state index in [2.05, 4.69) is 16.7 Å². The monoisotopic (exact) mass is 311 g/mol. The summed E-state index contributed by atoms with van der Waals surface area (Å²) in [7, 11) is 1.99. The first-order valence-electron chi connectivity index (χ1n) is 8.83. The van der Waals surface area contributed by atoms with E-state index < -0.39 is 0 Å². The number of aryl methyl sites for hydroxylation is 1. The summed E-state index contributed by atoms with van der Waals surface area (Å²) in [6.07, 6.45) is 9.48. The van der Waals surface area contributed by atoms with E-state index in [0.717, 1.165) is 22.9 Å². The molecule has 1 heterocycles. The molecule has 23 heavy (non-hydrogen) atoms. The molecule has 2 aromatic rings. The maximum Gasteiger partial charge on any atom is 0.253 e. The first-order valence-corrected chi connectivity index (χ1v) is 8.83. The fraction of sp³-hybridized carbons (Fsp3) is 0.526. The van der Waals surface area contributed by atoms with Crippen molar-refractivity contribution in [3.63, 3.8) is 0 Å². The van der Waals surface area contributed by atoms with Crippen LogP contribution in [-0.4, -0.2) is 28.6 Å². The summed E-state index contributed by atoms with van der Waals surface area (Å²) >= 11 is 0. The van der Waals surface area contributed by atoms with E-state index in [1.54, 1.807) is 0 Å². The number of carbonyl (C=O) groups is 1. The molecule has 0 radical (unpaired) electrons. The van der Waals surface area contributed by atoms with Crippen molar-refractivity contribution in [2.75, 3.05) is 0 Å². The van der Waals surface area contributed by atoms with Gasteiger partial charge < -0.3 is 15.2 Å². The van der Waals surface area contributed by atoms with E-state index >= 15 is 0 Å². The van der Waals surface area contributed by atoms with Crippen molar-refractivity contribution in [3.05, 3.63) is 36.0 Å². The lowest BCUT2D eigenvalue weighted by atomic mass is 9.85. The second kappa shape index (κ2) is 6.00. The highest BCUT2D eigenvalue weighted by Gasteiger charge is 2.34. The molecule has 0 aliphatic heterocycles. The van der Waals surface area contributed by atoms with Crippen LogP contribution in [0, 0.1) is 0 Å². The molecular formula is C19H25N3O. The summed E-state index contributed by atoms with van der Waals surface area (Å²) in [6, 6.07) is 9.49. The lowest BCUT2D eigenvalue weighted by molar-refractivity contribution is 0.0891. The lowest BCUT2D eigenvalue weighted by Crippen LogP contribution is -2.58. The van der Waals surface area contributed by atoms with Crippen LogP contribution in [0.3, 0.4) is 0 Å². The molecular weight excluding hydrogens is 286 g/mol. The van der Waals surface area contributed by atoms with Crippen molar-refractivity contribution in [1.29, 1.82) is 0 Å². The van der Waals surface area contributed by atoms with Gasteiger partial charge in [0.25, 0.3) is 5.91 Å². The maximum absolute atomic E-state index is 12.7. The van der Waals surface area contributed by atoms with E-state index in [-0.39, 0.29) is 11.9 Å². The quantitative estimate of drug-likeness (QED) is 0.912. The highest BCUT2D eigenvalue weighted by Crippen LogP contribution is 2.26. The Hall–Kier alpha value is -1.81. The molecule has 1 amide bonds. The van der Waals surface area contributed by atoms with Gasteiger partial charge in [0.05, 0.1) is 5.56 Å². The topological polar surface area (TPSA) is 46.1 Å². The molecule has 2 aliphatic carbocycles. The number of amides is 1. The van der Waals surface area contributed by atoms with Crippen LogP contribution in [-0.2, 0) is 7.05 Å². The molecule has 1 aromatic carbocycles. The van der Waals surface area contributed by atoms with Crippen LogP contribution in [0.4, 0.5) is 0 Å². The van der Waals surface area contributed by atoms with Crippen molar-refractivity contribution < 1.29 is 4.79 Å². The van der Waals surface area contributed by atoms with Gasteiger partial charge in [-0.2, -0.15) is 0 Å². The van der Waals surface area contributed by atoms with Crippen LogP contribution in [0.1, 0.15) is 48.9 Å². The highest BCUT2D eigenvalue weighted by molar-refractivity contribution is 6.07. The highest BCUT2D eigenvalue weighted by atomic mass is 16.1. The van der Waals surface area contributed by atoms with Gasteiger partial charge in [-0.05, 0) is 31.7 Å². The van der Waals surface area contributed by atoms with Gasteiger partial charge in [-0.25, -0.2) is 0 Å². The summed E-state index contributed by atoms with van der Waals surface area (Å²) < 4.78 is 2.03. The first-order chi connectivity index (χ1) is 11.2. The van der Waals surface area contributed by atoms with Gasteiger partial charge in [-0.3, -0.25) is 4.79 Å². The summed E-state index contributed by atoms with van der Waals surface area (Å²) in [5, 5.41) is 8.03. The van der Waals surface area contributed by atoms with Gasteiger partial charge in [0.15, 0.2) is 0 Å². The third-order valence-corrected chi connectivity index (χ3v) is 5.54. The molecule has 1 aromatic heterocycles. The lowest BCUT2D eigenvalue weighted by Gasteiger charge is -2.39. The van der Waals surface area contributed by atoms with Gasteiger partial charge >= 0.3 is 0 Å². The average Bonchev–Trinajstić information content (AvgIpc) is 3.18. The first kappa shape index (κ1) is 14.8. The smallest absolute Gasteiger partial charge is 0.253 e. The number of rotatable bonds is 4. The summed E-state index contributed by atoms with van der Waals surface area (Å²) in [6.45, 7) is 0. The van der Waals surface area contributed by atoms with Gasteiger partial charge in [0.1, 0.15) is 0 Å². The Morgan fingerprint density at radius 1 is 1.09 bits per heavy atom. The predicted octanol–water partition coefficient (Wildman–Crippen LogP) is 2.97. The molecule has 2 saturated carbocycles. The minimum Gasteiger partial charge on any atom is -0.350 e. The van der Waals surface area contributed by atoms with Gasteiger partial charge in [0, 0.05) is 42.3 Å². The fourth-order valence-electron chi connectivity index (χ4n) is 4.04. The fourth-order valence-corrected chi connectivity index (χ4v) is 4.04. The Morgan fingerprint density at radius 2 is 1.83 bits per heavy atom. The minimum absolute atomic E-state index is 0.0599. The number of para-hydroxylation sites is 1. The van der Waals surface area contributed by atoms with Crippen molar-refractivity contribution >= 4 is 16.8 Å². The zero-order chi connectivity index (χ0) is 15.8. The van der Waals surface area contributed by atoms with Crippen LogP contribution in [0.15, 0.2) is 30.5 Å². The van der Waals surface area contributed by atoms with Crippen LogP contribution in [0.5, 0.6) is 0 Å². The Kier molecular flexibility index (Phi) is 3.85. The Balaban J connectivity index is 1.44. The van der Waals surface area contributed by atoms with E-state index in [9.17, 15) is 4.79 Å². The zero-order valence-electron chi connectivity index (χ0n) is 13.7. The SMILES string of the molecule is Cn1cc(C(=O)N[C@H]2CC[C@H]2NC2CCCC2)c2ccccc21. The molecule has 4 heteroatoms. The standard InChI is InChI=1S/C19H25N3O/c1-22-12-15(14-8-4-5-9-18(14)22)19(23)21-17-11-10-16(17)20-13-6-2-3-7-13/h4-5,8-9,12-13,16-17,20H,2-3,6-7,10-11H2,1H3,(H,21,23)/t16-,17+/m1/s1.